The second kappa shape index (κ2) is 5.06. The summed E-state index contributed by atoms with van der Waals surface area (Å²) in [4.78, 5) is -0.117. The van der Waals surface area contributed by atoms with E-state index in [9.17, 15) is 8.42 Å². The Morgan fingerprint density at radius 2 is 2.00 bits per heavy atom. The third-order valence-corrected chi connectivity index (χ3v) is 3.60. The van der Waals surface area contributed by atoms with E-state index in [1.165, 1.54) is 6.07 Å². The van der Waals surface area contributed by atoms with Crippen LogP contribution in [-0.2, 0) is 10.0 Å². The van der Waals surface area contributed by atoms with Gasteiger partial charge in [-0.25, -0.2) is 13.6 Å². The van der Waals surface area contributed by atoms with Crippen LogP contribution in [0.25, 0.3) is 0 Å². The molecule has 2 N–H and O–H groups in total. The van der Waals surface area contributed by atoms with Crippen LogP contribution in [0.2, 0.25) is 8.67 Å². The molecule has 0 radical (unpaired) electrons. The molecular weight excluding hydrogens is 268 g/mol. The number of primary sulfonamides is 1. The van der Waals surface area contributed by atoms with Gasteiger partial charge in [-0.2, -0.15) is 0 Å². The molecule has 0 aromatic carbocycles. The monoisotopic (exact) mass is 271 g/mol. The zero-order valence-electron chi connectivity index (χ0n) is 7.04. The van der Waals surface area contributed by atoms with Gasteiger partial charge in [0.25, 0.3) is 0 Å². The first kappa shape index (κ1) is 13.8. The molecule has 0 amide bonds. The summed E-state index contributed by atoms with van der Waals surface area (Å²) in [6.07, 6.45) is 0. The Kier molecular flexibility index (Phi) is 5.83. The summed E-state index contributed by atoms with van der Waals surface area (Å²) in [7, 11) is -3.72. The first-order chi connectivity index (χ1) is 4.91. The molecule has 0 bridgehead atoms. The molecule has 1 aromatic rings. The van der Waals surface area contributed by atoms with E-state index in [1.807, 2.05) is 0 Å². The van der Waals surface area contributed by atoms with Crippen molar-refractivity contribution < 1.29 is 61.2 Å². The van der Waals surface area contributed by atoms with E-state index in [2.05, 4.69) is 0 Å². The largest absolute Gasteiger partial charge is 1.00 e. The van der Waals surface area contributed by atoms with E-state index in [0.29, 0.717) is 4.34 Å². The average molecular weight is 272 g/mol. The third kappa shape index (κ3) is 3.53. The third-order valence-electron chi connectivity index (χ3n) is 0.932. The van der Waals surface area contributed by atoms with Gasteiger partial charge in [-0.05, 0) is 6.07 Å². The van der Waals surface area contributed by atoms with Crippen LogP contribution in [0.4, 0.5) is 0 Å². The maximum Gasteiger partial charge on any atom is 1.00 e. The van der Waals surface area contributed by atoms with Gasteiger partial charge >= 0.3 is 51.4 Å². The summed E-state index contributed by atoms with van der Waals surface area (Å²) < 4.78 is 21.8. The number of thiophene rings is 1. The molecule has 0 atom stereocenters. The number of hydrogen-bond donors (Lipinski definition) is 1. The molecule has 8 heteroatoms. The van der Waals surface area contributed by atoms with Crippen molar-refractivity contribution in [1.82, 2.24) is 0 Å². The summed E-state index contributed by atoms with van der Waals surface area (Å²) in [5.74, 6) is 0. The fraction of sp³-hybridized carbons (Fsp3) is 0. The number of sulfonamides is 1. The molecule has 0 fully saturated rings. The van der Waals surface area contributed by atoms with Crippen molar-refractivity contribution in [3.05, 3.63) is 14.7 Å². The van der Waals surface area contributed by atoms with Gasteiger partial charge in [-0.1, -0.05) is 23.2 Å². The maximum atomic E-state index is 10.7. The van der Waals surface area contributed by atoms with E-state index in [-0.39, 0.29) is 62.0 Å². The van der Waals surface area contributed by atoms with Crippen LogP contribution >= 0.6 is 34.5 Å². The second-order valence-corrected chi connectivity index (χ2v) is 5.55. The fourth-order valence-corrected chi connectivity index (χ4v) is 3.23. The van der Waals surface area contributed by atoms with Crippen molar-refractivity contribution in [3.8, 4) is 0 Å². The molecule has 1 heterocycles. The van der Waals surface area contributed by atoms with Crippen molar-refractivity contribution in [2.75, 3.05) is 0 Å². The Balaban J connectivity index is 0. The molecule has 0 aliphatic carbocycles. The molecule has 1 rings (SSSR count). The van der Waals surface area contributed by atoms with Crippen LogP contribution in [0.1, 0.15) is 1.43 Å². The Labute approximate surface area is 128 Å². The zero-order chi connectivity index (χ0) is 8.65. The number of nitrogens with two attached hydrogens (primary N) is 1. The molecule has 0 unspecified atom stereocenters. The van der Waals surface area contributed by atoms with Crippen LogP contribution in [-0.4, -0.2) is 8.42 Å². The van der Waals surface area contributed by atoms with Gasteiger partial charge in [0.05, 0.1) is 4.34 Å². The standard InChI is InChI=1S/C4H3Cl2NO2S2.K.H/c5-3-1-2(4(6)10-3)11(7,8)9;;/h1H,(H2,7,8,9);;/q;+1;-1. The molecule has 64 valence electrons. The topological polar surface area (TPSA) is 60.2 Å². The molecule has 3 nitrogen and oxygen atoms in total. The minimum absolute atomic E-state index is 0. The Hall–Kier alpha value is 1.83. The van der Waals surface area contributed by atoms with Crippen LogP contribution in [0.15, 0.2) is 11.0 Å². The van der Waals surface area contributed by atoms with Crippen LogP contribution in [0.5, 0.6) is 0 Å². The fourth-order valence-electron chi connectivity index (χ4n) is 0.519. The Bertz CT molecular complexity index is 379. The zero-order valence-corrected chi connectivity index (χ0v) is 12.3. The molecular formula is C4H4Cl2KNO2S2. The van der Waals surface area contributed by atoms with E-state index < -0.39 is 10.0 Å². The van der Waals surface area contributed by atoms with Gasteiger partial charge in [0.1, 0.15) is 9.23 Å². The van der Waals surface area contributed by atoms with Gasteiger partial charge < -0.3 is 1.43 Å². The SMILES string of the molecule is NS(=O)(=O)c1cc(Cl)sc1Cl.[H-].[K+]. The smallest absolute Gasteiger partial charge is 1.00 e. The van der Waals surface area contributed by atoms with E-state index in [4.69, 9.17) is 28.3 Å². The van der Waals surface area contributed by atoms with Crippen molar-refractivity contribution in [3.63, 3.8) is 0 Å². The van der Waals surface area contributed by atoms with Gasteiger partial charge in [0, 0.05) is 0 Å². The van der Waals surface area contributed by atoms with Gasteiger partial charge in [-0.15, -0.1) is 11.3 Å². The molecule has 0 aliphatic rings. The van der Waals surface area contributed by atoms with Crippen molar-refractivity contribution in [2.45, 2.75) is 4.90 Å². The Morgan fingerprint density at radius 1 is 1.50 bits per heavy atom. The summed E-state index contributed by atoms with van der Waals surface area (Å²) in [5.41, 5.74) is 0. The average Bonchev–Trinajstić information content (AvgIpc) is 2.08. The van der Waals surface area contributed by atoms with Gasteiger partial charge in [-0.3, -0.25) is 0 Å². The first-order valence-corrected chi connectivity index (χ1v) is 5.51. The molecule has 0 spiro atoms. The van der Waals surface area contributed by atoms with E-state index >= 15 is 0 Å². The molecule has 1 aromatic heterocycles. The van der Waals surface area contributed by atoms with E-state index in [0.717, 1.165) is 11.3 Å². The number of rotatable bonds is 1. The molecule has 0 saturated heterocycles. The van der Waals surface area contributed by atoms with Gasteiger partial charge in [0.2, 0.25) is 10.0 Å². The molecule has 12 heavy (non-hydrogen) atoms. The molecule has 0 saturated carbocycles. The predicted molar refractivity (Wildman–Crippen MR) is 46.8 cm³/mol. The minimum Gasteiger partial charge on any atom is -1.00 e. The van der Waals surface area contributed by atoms with Crippen molar-refractivity contribution in [2.24, 2.45) is 5.14 Å². The van der Waals surface area contributed by atoms with Gasteiger partial charge in [0.15, 0.2) is 0 Å². The number of halogens is 2. The van der Waals surface area contributed by atoms with Crippen molar-refractivity contribution >= 4 is 44.6 Å². The van der Waals surface area contributed by atoms with Crippen LogP contribution in [0.3, 0.4) is 0 Å². The predicted octanol–water partition coefficient (Wildman–Crippen LogP) is -1.18. The number of hydrogen-bond acceptors (Lipinski definition) is 3. The molecule has 0 aliphatic heterocycles. The first-order valence-electron chi connectivity index (χ1n) is 2.39. The normalized spacial score (nSPS) is 10.9. The summed E-state index contributed by atoms with van der Waals surface area (Å²) in [5, 5.41) is 4.81. The quantitative estimate of drug-likeness (QED) is 0.654. The summed E-state index contributed by atoms with van der Waals surface area (Å²) in [6, 6.07) is 1.23. The maximum absolute atomic E-state index is 10.7. The minimum atomic E-state index is -3.72. The second-order valence-electron chi connectivity index (χ2n) is 1.73. The van der Waals surface area contributed by atoms with Crippen LogP contribution in [0, 0.1) is 0 Å². The Morgan fingerprint density at radius 3 is 2.17 bits per heavy atom. The summed E-state index contributed by atoms with van der Waals surface area (Å²) >= 11 is 12.0. The van der Waals surface area contributed by atoms with Crippen molar-refractivity contribution in [1.29, 1.82) is 0 Å². The van der Waals surface area contributed by atoms with Crippen LogP contribution < -0.4 is 56.5 Å². The summed E-state index contributed by atoms with van der Waals surface area (Å²) in [6.45, 7) is 0. The van der Waals surface area contributed by atoms with E-state index in [1.54, 1.807) is 0 Å².